The molecule has 0 aliphatic carbocycles. The third-order valence-corrected chi connectivity index (χ3v) is 6.74. The van der Waals surface area contributed by atoms with E-state index in [4.69, 9.17) is 16.6 Å². The maximum absolute atomic E-state index is 13.8. The van der Waals surface area contributed by atoms with E-state index in [1.165, 1.54) is 11.3 Å². The van der Waals surface area contributed by atoms with Crippen LogP contribution in [0.1, 0.15) is 5.69 Å². The fourth-order valence-corrected chi connectivity index (χ4v) is 5.02. The molecule has 5 nitrogen and oxygen atoms in total. The molecule has 0 fully saturated rings. The summed E-state index contributed by atoms with van der Waals surface area (Å²) in [6.07, 6.45) is 0. The fraction of sp³-hybridized carbons (Fsp3) is 0.0769. The molecule has 0 aliphatic heterocycles. The van der Waals surface area contributed by atoms with Crippen molar-refractivity contribution in [3.05, 3.63) is 116 Å². The molecule has 0 saturated heterocycles. The third-order valence-electron chi connectivity index (χ3n) is 5.59. The van der Waals surface area contributed by atoms with Crippen molar-refractivity contribution in [2.75, 3.05) is 0 Å². The van der Waals surface area contributed by atoms with Gasteiger partial charge in [-0.25, -0.2) is 9.67 Å². The van der Waals surface area contributed by atoms with Crippen LogP contribution in [0.15, 0.2) is 100 Å². The Labute approximate surface area is 200 Å². The van der Waals surface area contributed by atoms with Crippen LogP contribution in [0, 0.1) is 6.92 Å². The van der Waals surface area contributed by atoms with E-state index in [0.29, 0.717) is 15.5 Å². The molecule has 0 saturated carbocycles. The molecule has 0 atom stereocenters. The summed E-state index contributed by atoms with van der Waals surface area (Å²) in [5.74, 6) is 0. The normalized spacial score (nSPS) is 11.8. The Morgan fingerprint density at radius 3 is 2.21 bits per heavy atom. The molecular weight excluding hydrogens is 452 g/mol. The van der Waals surface area contributed by atoms with E-state index in [1.54, 1.807) is 4.68 Å². The number of hydrogen-bond acceptors (Lipinski definition) is 3. The molecule has 7 heteroatoms. The quantitative estimate of drug-likeness (QED) is 0.321. The molecule has 0 N–H and O–H groups in total. The Morgan fingerprint density at radius 2 is 1.52 bits per heavy atom. The Hall–Kier alpha value is -3.61. The van der Waals surface area contributed by atoms with Crippen LogP contribution in [0.2, 0.25) is 5.02 Å². The molecule has 164 valence electrons. The SMILES string of the molecule is Cc1c(-n2c(-c3ccccc3Cl)csc2=Nc2ccccc2)c(=O)n(-c2ccccc2)n1C. The number of hydrogen-bond donors (Lipinski definition) is 0. The molecule has 2 heterocycles. The first-order valence-electron chi connectivity index (χ1n) is 10.5. The zero-order chi connectivity index (χ0) is 22.9. The summed E-state index contributed by atoms with van der Waals surface area (Å²) in [5.41, 5.74) is 4.54. The van der Waals surface area contributed by atoms with Gasteiger partial charge in [0, 0.05) is 23.0 Å². The van der Waals surface area contributed by atoms with Gasteiger partial charge in [-0.15, -0.1) is 11.3 Å². The van der Waals surface area contributed by atoms with Gasteiger partial charge in [-0.2, -0.15) is 0 Å². The molecule has 2 aromatic heterocycles. The van der Waals surface area contributed by atoms with Crippen LogP contribution < -0.4 is 10.4 Å². The predicted octanol–water partition coefficient (Wildman–Crippen LogP) is 5.89. The van der Waals surface area contributed by atoms with Crippen LogP contribution in [0.5, 0.6) is 0 Å². The van der Waals surface area contributed by atoms with E-state index < -0.39 is 0 Å². The van der Waals surface area contributed by atoms with Gasteiger partial charge < -0.3 is 0 Å². The van der Waals surface area contributed by atoms with Gasteiger partial charge in [-0.05, 0) is 37.3 Å². The second-order valence-corrected chi connectivity index (χ2v) is 8.82. The van der Waals surface area contributed by atoms with Gasteiger partial charge in [0.05, 0.1) is 22.8 Å². The van der Waals surface area contributed by atoms with E-state index in [9.17, 15) is 4.79 Å². The number of thiazole rings is 1. The molecule has 0 unspecified atom stereocenters. The molecule has 0 radical (unpaired) electrons. The minimum atomic E-state index is -0.123. The van der Waals surface area contributed by atoms with Crippen LogP contribution in [0.25, 0.3) is 22.6 Å². The smallest absolute Gasteiger partial charge is 0.283 e. The van der Waals surface area contributed by atoms with Crippen molar-refractivity contribution in [2.45, 2.75) is 6.92 Å². The maximum Gasteiger partial charge on any atom is 0.296 e. The van der Waals surface area contributed by atoms with Gasteiger partial charge in [0.25, 0.3) is 5.56 Å². The first-order chi connectivity index (χ1) is 16.1. The zero-order valence-electron chi connectivity index (χ0n) is 18.1. The molecule has 5 aromatic rings. The van der Waals surface area contributed by atoms with Crippen LogP contribution >= 0.6 is 22.9 Å². The Bertz CT molecular complexity index is 1560. The van der Waals surface area contributed by atoms with Gasteiger partial charge in [-0.1, -0.05) is 66.2 Å². The highest BCUT2D eigenvalue weighted by molar-refractivity contribution is 7.07. The molecule has 5 rings (SSSR count). The van der Waals surface area contributed by atoms with Crippen molar-refractivity contribution in [3.63, 3.8) is 0 Å². The highest BCUT2D eigenvalue weighted by atomic mass is 35.5. The first-order valence-corrected chi connectivity index (χ1v) is 11.7. The number of halogens is 1. The molecular formula is C26H21ClN4OS. The van der Waals surface area contributed by atoms with E-state index >= 15 is 0 Å². The Kier molecular flexibility index (Phi) is 5.62. The van der Waals surface area contributed by atoms with Gasteiger partial charge in [-0.3, -0.25) is 14.0 Å². The van der Waals surface area contributed by atoms with E-state index in [2.05, 4.69) is 0 Å². The molecule has 0 spiro atoms. The minimum Gasteiger partial charge on any atom is -0.283 e. The molecule has 0 amide bonds. The highest BCUT2D eigenvalue weighted by Crippen LogP contribution is 2.30. The molecule has 0 bridgehead atoms. The van der Waals surface area contributed by atoms with Crippen LogP contribution in [-0.4, -0.2) is 13.9 Å². The lowest BCUT2D eigenvalue weighted by atomic mass is 10.1. The standard InChI is InChI=1S/C26H21ClN4OS/c1-18-24(25(32)31(29(18)2)20-13-7-4-8-14-20)30-23(21-15-9-10-16-22(21)27)17-33-26(30)28-19-11-5-3-6-12-19/h3-17H,1-2H3. The maximum atomic E-state index is 13.8. The number of rotatable bonds is 4. The van der Waals surface area contributed by atoms with Crippen LogP contribution in [0.3, 0.4) is 0 Å². The summed E-state index contributed by atoms with van der Waals surface area (Å²) in [6, 6.07) is 27.0. The Morgan fingerprint density at radius 1 is 0.879 bits per heavy atom. The summed E-state index contributed by atoms with van der Waals surface area (Å²) in [5, 5.41) is 2.62. The van der Waals surface area contributed by atoms with Gasteiger partial charge in [0.15, 0.2) is 4.80 Å². The van der Waals surface area contributed by atoms with Crippen molar-refractivity contribution in [2.24, 2.45) is 12.0 Å². The average molecular weight is 473 g/mol. The van der Waals surface area contributed by atoms with Crippen molar-refractivity contribution in [1.82, 2.24) is 13.9 Å². The van der Waals surface area contributed by atoms with Gasteiger partial charge in [0.2, 0.25) is 0 Å². The van der Waals surface area contributed by atoms with E-state index in [1.807, 2.05) is 114 Å². The molecule has 33 heavy (non-hydrogen) atoms. The number of nitrogens with zero attached hydrogens (tertiary/aromatic N) is 4. The first kappa shape index (κ1) is 21.2. The van der Waals surface area contributed by atoms with Crippen LogP contribution in [0.4, 0.5) is 5.69 Å². The summed E-state index contributed by atoms with van der Waals surface area (Å²) in [4.78, 5) is 19.4. The molecule has 0 aliphatic rings. The lowest BCUT2D eigenvalue weighted by molar-refractivity contribution is 0.630. The number of para-hydroxylation sites is 2. The van der Waals surface area contributed by atoms with Crippen molar-refractivity contribution in [3.8, 4) is 22.6 Å². The summed E-state index contributed by atoms with van der Waals surface area (Å²) in [6.45, 7) is 1.95. The average Bonchev–Trinajstić information content (AvgIpc) is 3.32. The van der Waals surface area contributed by atoms with Gasteiger partial charge >= 0.3 is 0 Å². The number of benzene rings is 3. The third kappa shape index (κ3) is 3.77. The largest absolute Gasteiger partial charge is 0.296 e. The van der Waals surface area contributed by atoms with Crippen molar-refractivity contribution in [1.29, 1.82) is 0 Å². The topological polar surface area (TPSA) is 44.2 Å². The predicted molar refractivity (Wildman–Crippen MR) is 135 cm³/mol. The lowest BCUT2D eigenvalue weighted by Gasteiger charge is -2.09. The van der Waals surface area contributed by atoms with Crippen molar-refractivity contribution >= 4 is 28.6 Å². The van der Waals surface area contributed by atoms with E-state index in [-0.39, 0.29) is 5.56 Å². The Balaban J connectivity index is 1.85. The summed E-state index contributed by atoms with van der Waals surface area (Å²) < 4.78 is 5.48. The van der Waals surface area contributed by atoms with E-state index in [0.717, 1.165) is 28.3 Å². The van der Waals surface area contributed by atoms with Gasteiger partial charge in [0.1, 0.15) is 5.69 Å². The van der Waals surface area contributed by atoms with Crippen molar-refractivity contribution < 1.29 is 0 Å². The lowest BCUT2D eigenvalue weighted by Crippen LogP contribution is -2.24. The monoisotopic (exact) mass is 472 g/mol. The molecule has 3 aromatic carbocycles. The second-order valence-electron chi connectivity index (χ2n) is 7.58. The second kappa shape index (κ2) is 8.73. The summed E-state index contributed by atoms with van der Waals surface area (Å²) in [7, 11) is 1.89. The highest BCUT2D eigenvalue weighted by Gasteiger charge is 2.22. The zero-order valence-corrected chi connectivity index (χ0v) is 19.7. The van der Waals surface area contributed by atoms with Crippen LogP contribution in [-0.2, 0) is 7.05 Å². The number of aromatic nitrogens is 3. The minimum absolute atomic E-state index is 0.123. The fourth-order valence-electron chi connectivity index (χ4n) is 3.89. The summed E-state index contributed by atoms with van der Waals surface area (Å²) >= 11 is 8.05.